The predicted molar refractivity (Wildman–Crippen MR) is 162 cm³/mol. The van der Waals surface area contributed by atoms with Crippen LogP contribution in [0, 0.1) is 0 Å². The van der Waals surface area contributed by atoms with Gasteiger partial charge in [0.15, 0.2) is 0 Å². The third-order valence-electron chi connectivity index (χ3n) is 7.47. The fourth-order valence-corrected chi connectivity index (χ4v) is 5.61. The second kappa shape index (κ2) is 9.07. The summed E-state index contributed by atoms with van der Waals surface area (Å²) in [6.45, 7) is 0. The number of pyridine rings is 1. The molecule has 0 atom stereocenters. The van der Waals surface area contributed by atoms with Crippen molar-refractivity contribution in [1.82, 2.24) is 14.5 Å². The Morgan fingerprint density at radius 1 is 0.500 bits per heavy atom. The zero-order valence-electron chi connectivity index (χ0n) is 21.5. The molecule has 0 spiro atoms. The Hall–Kier alpha value is -5.48. The highest BCUT2D eigenvalue weighted by Crippen LogP contribution is 2.39. The quantitative estimate of drug-likeness (QED) is 0.235. The molecule has 0 unspecified atom stereocenters. The van der Waals surface area contributed by atoms with Crippen molar-refractivity contribution >= 4 is 33.1 Å². The molecule has 40 heavy (non-hydrogen) atoms. The highest BCUT2D eigenvalue weighted by molar-refractivity contribution is 6.09. The van der Waals surface area contributed by atoms with Crippen LogP contribution < -0.4 is 0 Å². The molecule has 188 valence electrons. The topological polar surface area (TPSA) is 43.9 Å². The Morgan fingerprint density at radius 3 is 2.05 bits per heavy atom. The summed E-state index contributed by atoms with van der Waals surface area (Å²) in [6.07, 6.45) is 0. The first-order chi connectivity index (χ1) is 19.8. The Bertz CT molecular complexity index is 2160. The number of furan rings is 1. The van der Waals surface area contributed by atoms with Crippen LogP contribution in [-0.2, 0) is 0 Å². The van der Waals surface area contributed by atoms with Crippen molar-refractivity contribution < 1.29 is 4.42 Å². The molecule has 8 rings (SSSR count). The van der Waals surface area contributed by atoms with Gasteiger partial charge in [0.05, 0.1) is 28.0 Å². The van der Waals surface area contributed by atoms with Gasteiger partial charge in [0.25, 0.3) is 0 Å². The Balaban J connectivity index is 1.40. The minimum Gasteiger partial charge on any atom is -0.437 e. The van der Waals surface area contributed by atoms with Crippen LogP contribution in [0.3, 0.4) is 0 Å². The summed E-state index contributed by atoms with van der Waals surface area (Å²) < 4.78 is 8.79. The summed E-state index contributed by atoms with van der Waals surface area (Å²) in [7, 11) is 0. The molecule has 0 saturated carbocycles. The highest BCUT2D eigenvalue weighted by Gasteiger charge is 2.21. The van der Waals surface area contributed by atoms with Crippen LogP contribution in [0.5, 0.6) is 0 Å². The zero-order valence-corrected chi connectivity index (χ0v) is 21.5. The van der Waals surface area contributed by atoms with E-state index >= 15 is 0 Å². The van der Waals surface area contributed by atoms with Crippen molar-refractivity contribution in [3.05, 3.63) is 140 Å². The molecular weight excluding hydrogens is 490 g/mol. The molecule has 0 aliphatic heterocycles. The SMILES string of the molecule is c1ccc(-c2ccc3c(n2)oc2c(-c4nc5ccccc5n4-c4ccccc4-c4ccccc4)cccc23)cc1. The van der Waals surface area contributed by atoms with Gasteiger partial charge in [0, 0.05) is 21.9 Å². The van der Waals surface area contributed by atoms with Crippen LogP contribution in [-0.4, -0.2) is 14.5 Å². The van der Waals surface area contributed by atoms with Crippen LogP contribution >= 0.6 is 0 Å². The first-order valence-electron chi connectivity index (χ1n) is 13.4. The van der Waals surface area contributed by atoms with E-state index in [1.165, 1.54) is 0 Å². The summed E-state index contributed by atoms with van der Waals surface area (Å²) in [6, 6.07) is 47.9. The lowest BCUT2D eigenvalue weighted by Crippen LogP contribution is -2.00. The smallest absolute Gasteiger partial charge is 0.227 e. The standard InChI is InChI=1S/C36H23N3O/c1-3-12-24(13-4-1)26-16-7-9-20-32(26)39-33-21-10-8-19-31(33)37-35(39)29-18-11-17-27-28-22-23-30(25-14-5-2-6-15-25)38-36(28)40-34(27)29/h1-23H. The average molecular weight is 514 g/mol. The highest BCUT2D eigenvalue weighted by atomic mass is 16.3. The largest absolute Gasteiger partial charge is 0.437 e. The van der Waals surface area contributed by atoms with Gasteiger partial charge in [-0.15, -0.1) is 0 Å². The van der Waals surface area contributed by atoms with E-state index in [9.17, 15) is 0 Å². The maximum absolute atomic E-state index is 6.54. The number of hydrogen-bond acceptors (Lipinski definition) is 3. The van der Waals surface area contributed by atoms with Crippen LogP contribution in [0.1, 0.15) is 0 Å². The third-order valence-corrected chi connectivity index (χ3v) is 7.47. The number of aromatic nitrogens is 3. The molecule has 0 aliphatic carbocycles. The van der Waals surface area contributed by atoms with Crippen LogP contribution in [0.15, 0.2) is 144 Å². The Labute approximate surface area is 230 Å². The van der Waals surface area contributed by atoms with Gasteiger partial charge in [0.1, 0.15) is 11.4 Å². The molecule has 0 aliphatic rings. The van der Waals surface area contributed by atoms with Crippen LogP contribution in [0.4, 0.5) is 0 Å². The third kappa shape index (κ3) is 3.54. The van der Waals surface area contributed by atoms with Crippen molar-refractivity contribution in [2.45, 2.75) is 0 Å². The molecule has 0 saturated heterocycles. The number of fused-ring (bicyclic) bond motifs is 4. The number of rotatable bonds is 4. The van der Waals surface area contributed by atoms with E-state index < -0.39 is 0 Å². The van der Waals surface area contributed by atoms with Crippen molar-refractivity contribution in [2.24, 2.45) is 0 Å². The van der Waals surface area contributed by atoms with E-state index in [1.807, 2.05) is 30.3 Å². The van der Waals surface area contributed by atoms with Crippen LogP contribution in [0.2, 0.25) is 0 Å². The first kappa shape index (κ1) is 22.5. The van der Waals surface area contributed by atoms with Gasteiger partial charge in [0.2, 0.25) is 5.71 Å². The fourth-order valence-electron chi connectivity index (χ4n) is 5.61. The van der Waals surface area contributed by atoms with E-state index in [1.54, 1.807) is 0 Å². The second-order valence-corrected chi connectivity index (χ2v) is 9.84. The molecule has 0 radical (unpaired) electrons. The van der Waals surface area contributed by atoms with Gasteiger partial charge in [-0.05, 0) is 42.0 Å². The van der Waals surface area contributed by atoms with E-state index in [2.05, 4.69) is 114 Å². The minimum absolute atomic E-state index is 0.621. The van der Waals surface area contributed by atoms with E-state index in [4.69, 9.17) is 14.4 Å². The van der Waals surface area contributed by atoms with E-state index in [-0.39, 0.29) is 0 Å². The monoisotopic (exact) mass is 513 g/mol. The Morgan fingerprint density at radius 2 is 1.20 bits per heavy atom. The molecule has 4 nitrogen and oxygen atoms in total. The summed E-state index contributed by atoms with van der Waals surface area (Å²) in [4.78, 5) is 10.1. The molecule has 0 fully saturated rings. The normalized spacial score (nSPS) is 11.5. The van der Waals surface area contributed by atoms with Crippen molar-refractivity contribution in [1.29, 1.82) is 0 Å². The van der Waals surface area contributed by atoms with Gasteiger partial charge in [-0.3, -0.25) is 4.57 Å². The number of imidazole rings is 1. The minimum atomic E-state index is 0.621. The first-order valence-corrected chi connectivity index (χ1v) is 13.4. The lowest BCUT2D eigenvalue weighted by Gasteiger charge is -2.15. The van der Waals surface area contributed by atoms with E-state index in [0.717, 1.165) is 66.8 Å². The second-order valence-electron chi connectivity index (χ2n) is 9.84. The molecule has 0 N–H and O–H groups in total. The zero-order chi connectivity index (χ0) is 26.5. The Kier molecular flexibility index (Phi) is 5.10. The van der Waals surface area contributed by atoms with Gasteiger partial charge in [-0.25, -0.2) is 9.97 Å². The number of hydrogen-bond donors (Lipinski definition) is 0. The summed E-state index contributed by atoms with van der Waals surface area (Å²) in [5.74, 6) is 0.831. The van der Waals surface area contributed by atoms with Crippen LogP contribution in [0.25, 0.3) is 72.6 Å². The molecule has 8 aromatic rings. The van der Waals surface area contributed by atoms with Crippen molar-refractivity contribution in [3.63, 3.8) is 0 Å². The van der Waals surface area contributed by atoms with Gasteiger partial charge in [-0.2, -0.15) is 0 Å². The molecule has 3 aromatic heterocycles. The summed E-state index contributed by atoms with van der Waals surface area (Å²) in [5, 5.41) is 2.01. The average Bonchev–Trinajstić information content (AvgIpc) is 3.60. The molecule has 0 amide bonds. The number of para-hydroxylation sites is 4. The van der Waals surface area contributed by atoms with Gasteiger partial charge >= 0.3 is 0 Å². The maximum Gasteiger partial charge on any atom is 0.227 e. The molecular formula is C36H23N3O. The molecule has 0 bridgehead atoms. The van der Waals surface area contributed by atoms with Gasteiger partial charge < -0.3 is 4.42 Å². The molecule has 5 aromatic carbocycles. The maximum atomic E-state index is 6.54. The van der Waals surface area contributed by atoms with Crippen molar-refractivity contribution in [3.8, 4) is 39.5 Å². The summed E-state index contributed by atoms with van der Waals surface area (Å²) >= 11 is 0. The number of nitrogens with zero attached hydrogens (tertiary/aromatic N) is 3. The van der Waals surface area contributed by atoms with E-state index in [0.29, 0.717) is 5.71 Å². The lowest BCUT2D eigenvalue weighted by molar-refractivity contribution is 0.655. The molecule has 3 heterocycles. The van der Waals surface area contributed by atoms with Crippen molar-refractivity contribution in [2.75, 3.05) is 0 Å². The molecule has 4 heteroatoms. The summed E-state index contributed by atoms with van der Waals surface area (Å²) in [5.41, 5.74) is 9.60. The number of benzene rings is 5. The van der Waals surface area contributed by atoms with Gasteiger partial charge in [-0.1, -0.05) is 103 Å². The lowest BCUT2D eigenvalue weighted by atomic mass is 10.0. The fraction of sp³-hybridized carbons (Fsp3) is 0. The predicted octanol–water partition coefficient (Wildman–Crippen LogP) is 9.32.